The summed E-state index contributed by atoms with van der Waals surface area (Å²) in [6.45, 7) is 4.89. The monoisotopic (exact) mass is 522 g/mol. The van der Waals surface area contributed by atoms with Crippen LogP contribution in [0.5, 0.6) is 0 Å². The molecule has 0 unspecified atom stereocenters. The van der Waals surface area contributed by atoms with E-state index in [4.69, 9.17) is 0 Å². The molecule has 1 amide bonds. The van der Waals surface area contributed by atoms with Gasteiger partial charge in [-0.25, -0.2) is 13.4 Å². The van der Waals surface area contributed by atoms with E-state index >= 15 is 0 Å². The highest BCUT2D eigenvalue weighted by Crippen LogP contribution is 2.23. The van der Waals surface area contributed by atoms with Crippen LogP contribution in [0, 0.1) is 0 Å². The highest BCUT2D eigenvalue weighted by atomic mass is 127. The van der Waals surface area contributed by atoms with Crippen LogP contribution in [0.4, 0.5) is 0 Å². The highest BCUT2D eigenvalue weighted by molar-refractivity contribution is 14.0. The van der Waals surface area contributed by atoms with Gasteiger partial charge in [0, 0.05) is 33.7 Å². The number of amides is 1. The zero-order valence-electron chi connectivity index (χ0n) is 17.0. The van der Waals surface area contributed by atoms with Crippen molar-refractivity contribution in [2.24, 2.45) is 4.99 Å². The van der Waals surface area contributed by atoms with Crippen molar-refractivity contribution in [1.82, 2.24) is 15.1 Å². The minimum absolute atomic E-state index is 0. The van der Waals surface area contributed by atoms with Crippen molar-refractivity contribution in [3.63, 3.8) is 0 Å². The second-order valence-electron chi connectivity index (χ2n) is 7.59. The van der Waals surface area contributed by atoms with E-state index in [9.17, 15) is 13.2 Å². The van der Waals surface area contributed by atoms with E-state index in [1.54, 1.807) is 27.9 Å². The van der Waals surface area contributed by atoms with E-state index in [2.05, 4.69) is 22.4 Å². The minimum atomic E-state index is -3.14. The van der Waals surface area contributed by atoms with Crippen molar-refractivity contribution in [3.8, 4) is 0 Å². The van der Waals surface area contributed by atoms with E-state index in [1.807, 2.05) is 23.1 Å². The first-order chi connectivity index (χ1) is 12.6. The summed E-state index contributed by atoms with van der Waals surface area (Å²) in [7, 11) is 0.248. The molecular formula is C19H31IN4O3S. The molecule has 9 heteroatoms. The SMILES string of the molecule is CN(C)C(=O)CN=C(NCCc1ccccc1)N1CCS(=O)(=O)C(C)(C)C1.I. The smallest absolute Gasteiger partial charge is 0.243 e. The number of likely N-dealkylation sites (N-methyl/N-ethyl adjacent to an activating group) is 1. The Labute approximate surface area is 185 Å². The maximum Gasteiger partial charge on any atom is 0.243 e. The number of benzene rings is 1. The van der Waals surface area contributed by atoms with Crippen LogP contribution >= 0.6 is 24.0 Å². The van der Waals surface area contributed by atoms with Crippen molar-refractivity contribution in [1.29, 1.82) is 0 Å². The molecule has 1 fully saturated rings. The lowest BCUT2D eigenvalue weighted by molar-refractivity contribution is -0.127. The van der Waals surface area contributed by atoms with Crippen LogP contribution in [0.25, 0.3) is 0 Å². The molecule has 7 nitrogen and oxygen atoms in total. The molecule has 0 spiro atoms. The summed E-state index contributed by atoms with van der Waals surface area (Å²) >= 11 is 0. The maximum atomic E-state index is 12.3. The van der Waals surface area contributed by atoms with Gasteiger partial charge in [0.05, 0.1) is 10.5 Å². The van der Waals surface area contributed by atoms with Crippen LogP contribution in [-0.4, -0.2) is 80.9 Å². The molecule has 158 valence electrons. The lowest BCUT2D eigenvalue weighted by Gasteiger charge is -2.39. The van der Waals surface area contributed by atoms with Gasteiger partial charge in [0.25, 0.3) is 0 Å². The third kappa shape index (κ3) is 6.61. The second-order valence-corrected chi connectivity index (χ2v) is 10.3. The lowest BCUT2D eigenvalue weighted by atomic mass is 10.1. The molecule has 1 saturated heterocycles. The van der Waals surface area contributed by atoms with Crippen LogP contribution in [0.15, 0.2) is 35.3 Å². The quantitative estimate of drug-likeness (QED) is 0.359. The number of hydrogen-bond acceptors (Lipinski definition) is 4. The Bertz CT molecular complexity index is 780. The number of carbonyl (C=O) groups excluding carboxylic acids is 1. The van der Waals surface area contributed by atoms with Crippen LogP contribution in [0.3, 0.4) is 0 Å². The summed E-state index contributed by atoms with van der Waals surface area (Å²) in [5.41, 5.74) is 1.20. The Balaban J connectivity index is 0.00000392. The van der Waals surface area contributed by atoms with E-state index in [0.29, 0.717) is 25.6 Å². The first-order valence-electron chi connectivity index (χ1n) is 9.12. The third-order valence-corrected chi connectivity index (χ3v) is 7.28. The molecule has 1 aliphatic rings. The molecule has 1 aliphatic heterocycles. The molecule has 0 saturated carbocycles. The number of halogens is 1. The normalized spacial score (nSPS) is 18.1. The molecule has 1 aromatic rings. The highest BCUT2D eigenvalue weighted by Gasteiger charge is 2.41. The van der Waals surface area contributed by atoms with Gasteiger partial charge in [-0.05, 0) is 25.8 Å². The second kappa shape index (κ2) is 10.4. The molecule has 1 N–H and O–H groups in total. The Morgan fingerprint density at radius 3 is 2.46 bits per heavy atom. The molecule has 28 heavy (non-hydrogen) atoms. The molecule has 1 heterocycles. The predicted molar refractivity (Wildman–Crippen MR) is 124 cm³/mol. The van der Waals surface area contributed by atoms with Crippen LogP contribution in [0.1, 0.15) is 19.4 Å². The van der Waals surface area contributed by atoms with Crippen molar-refractivity contribution in [3.05, 3.63) is 35.9 Å². The maximum absolute atomic E-state index is 12.3. The van der Waals surface area contributed by atoms with Crippen molar-refractivity contribution >= 4 is 45.7 Å². The summed E-state index contributed by atoms with van der Waals surface area (Å²) in [6, 6.07) is 10.1. The van der Waals surface area contributed by atoms with Crippen LogP contribution in [0.2, 0.25) is 0 Å². The first kappa shape index (κ1) is 24.7. The Morgan fingerprint density at radius 1 is 1.25 bits per heavy atom. The number of guanidine groups is 1. The van der Waals surface area contributed by atoms with Gasteiger partial charge in [0.1, 0.15) is 6.54 Å². The zero-order valence-corrected chi connectivity index (χ0v) is 20.2. The first-order valence-corrected chi connectivity index (χ1v) is 10.8. The minimum Gasteiger partial charge on any atom is -0.356 e. The molecule has 0 atom stereocenters. The largest absolute Gasteiger partial charge is 0.356 e. The summed E-state index contributed by atoms with van der Waals surface area (Å²) in [4.78, 5) is 19.8. The number of nitrogens with one attached hydrogen (secondary N) is 1. The van der Waals surface area contributed by atoms with Crippen molar-refractivity contribution < 1.29 is 13.2 Å². The number of carbonyl (C=O) groups is 1. The number of hydrogen-bond donors (Lipinski definition) is 1. The summed E-state index contributed by atoms with van der Waals surface area (Å²) in [5, 5.41) is 3.31. The average Bonchev–Trinajstić information content (AvgIpc) is 2.61. The number of aliphatic imine (C=N–C) groups is 1. The van der Waals surface area contributed by atoms with E-state index in [-0.39, 0.29) is 42.2 Å². The summed E-state index contributed by atoms with van der Waals surface area (Å²) in [6.07, 6.45) is 0.816. The molecule has 0 radical (unpaired) electrons. The van der Waals surface area contributed by atoms with Gasteiger partial charge in [-0.2, -0.15) is 0 Å². The molecule has 0 aromatic heterocycles. The van der Waals surface area contributed by atoms with Gasteiger partial charge in [0.2, 0.25) is 5.91 Å². The Kier molecular flexibility index (Phi) is 9.19. The molecule has 0 bridgehead atoms. The fourth-order valence-corrected chi connectivity index (χ4v) is 4.21. The van der Waals surface area contributed by atoms with E-state index < -0.39 is 14.6 Å². The van der Waals surface area contributed by atoms with Gasteiger partial charge in [0.15, 0.2) is 15.8 Å². The summed E-state index contributed by atoms with van der Waals surface area (Å²) in [5.74, 6) is 0.575. The molecule has 1 aromatic carbocycles. The van der Waals surface area contributed by atoms with Crippen LogP contribution < -0.4 is 5.32 Å². The topological polar surface area (TPSA) is 82.1 Å². The van der Waals surface area contributed by atoms with E-state index in [1.165, 1.54) is 10.5 Å². The molecule has 0 aliphatic carbocycles. The lowest BCUT2D eigenvalue weighted by Crippen LogP contribution is -2.57. The van der Waals surface area contributed by atoms with E-state index in [0.717, 1.165) is 6.42 Å². The standard InChI is InChI=1S/C19H30N4O3S.HI/c1-19(2)15-23(12-13-27(19,25)26)18(21-14-17(24)22(3)4)20-11-10-16-8-6-5-7-9-16;/h5-9H,10-15H2,1-4H3,(H,20,21);1H. The number of nitrogens with zero attached hydrogens (tertiary/aromatic N) is 3. The predicted octanol–water partition coefficient (Wildman–Crippen LogP) is 1.39. The fraction of sp³-hybridized carbons (Fsp3) is 0.579. The Hall–Kier alpha value is -1.36. The Morgan fingerprint density at radius 2 is 1.89 bits per heavy atom. The van der Waals surface area contributed by atoms with Gasteiger partial charge in [-0.3, -0.25) is 4.79 Å². The van der Waals surface area contributed by atoms with Crippen molar-refractivity contribution in [2.75, 3.05) is 46.0 Å². The fourth-order valence-electron chi connectivity index (χ4n) is 2.84. The average molecular weight is 522 g/mol. The van der Waals surface area contributed by atoms with Crippen LogP contribution in [-0.2, 0) is 21.1 Å². The van der Waals surface area contributed by atoms with Crippen molar-refractivity contribution in [2.45, 2.75) is 25.0 Å². The van der Waals surface area contributed by atoms with Gasteiger partial charge in [-0.1, -0.05) is 30.3 Å². The van der Waals surface area contributed by atoms with Gasteiger partial charge < -0.3 is 15.1 Å². The number of sulfone groups is 1. The van der Waals surface area contributed by atoms with Gasteiger partial charge in [-0.15, -0.1) is 24.0 Å². The molecular weight excluding hydrogens is 491 g/mol. The summed E-state index contributed by atoms with van der Waals surface area (Å²) < 4.78 is 23.7. The zero-order chi connectivity index (χ0) is 20.1. The van der Waals surface area contributed by atoms with Gasteiger partial charge >= 0.3 is 0 Å². The third-order valence-electron chi connectivity index (χ3n) is 4.75. The number of rotatable bonds is 5. The molecule has 2 rings (SSSR count).